The third-order valence-electron chi connectivity index (χ3n) is 5.38. The Kier molecular flexibility index (Phi) is 8.06. The zero-order valence-electron chi connectivity index (χ0n) is 19.3. The van der Waals surface area contributed by atoms with Gasteiger partial charge in [0.1, 0.15) is 12.6 Å². The lowest BCUT2D eigenvalue weighted by Gasteiger charge is -2.21. The number of imidazole rings is 1. The van der Waals surface area contributed by atoms with E-state index in [0.29, 0.717) is 32.3 Å². The first kappa shape index (κ1) is 24.0. The van der Waals surface area contributed by atoms with Crippen LogP contribution in [0.4, 0.5) is 4.79 Å². The summed E-state index contributed by atoms with van der Waals surface area (Å²) in [6.45, 7) is 9.00. The number of nitrogens with zero attached hydrogens (tertiary/aromatic N) is 3. The van der Waals surface area contributed by atoms with Crippen molar-refractivity contribution in [3.8, 4) is 0 Å². The molecular formula is C24H34N4O3Si. The minimum Gasteiger partial charge on any atom is -0.465 e. The number of hydrogen-bond donors (Lipinski definition) is 2. The third-order valence-corrected chi connectivity index (χ3v) is 7.08. The molecule has 0 saturated heterocycles. The van der Waals surface area contributed by atoms with Gasteiger partial charge in [-0.1, -0.05) is 62.1 Å². The second-order valence-electron chi connectivity index (χ2n) is 9.25. The van der Waals surface area contributed by atoms with Gasteiger partial charge in [-0.05, 0) is 36.2 Å². The molecule has 172 valence electrons. The molecule has 0 radical (unpaired) electrons. The number of fused-ring (bicyclic) bond motifs is 1. The highest BCUT2D eigenvalue weighted by molar-refractivity contribution is 6.76. The Bertz CT molecular complexity index is 1030. The second-order valence-corrected chi connectivity index (χ2v) is 14.9. The molecule has 0 fully saturated rings. The molecule has 7 nitrogen and oxygen atoms in total. The van der Waals surface area contributed by atoms with Gasteiger partial charge in [0.05, 0.1) is 17.6 Å². The number of rotatable bonds is 11. The minimum atomic E-state index is -1.21. The second kappa shape index (κ2) is 10.8. The van der Waals surface area contributed by atoms with Crippen LogP contribution in [0.3, 0.4) is 0 Å². The van der Waals surface area contributed by atoms with Crippen LogP contribution in [0.1, 0.15) is 17.0 Å². The molecule has 0 saturated carbocycles. The van der Waals surface area contributed by atoms with Crippen LogP contribution in [0.2, 0.25) is 25.7 Å². The molecular weight excluding hydrogens is 420 g/mol. The summed E-state index contributed by atoms with van der Waals surface area (Å²) in [5.41, 5.74) is 9.69. The molecule has 1 heterocycles. The summed E-state index contributed by atoms with van der Waals surface area (Å²) in [7, 11) is -1.21. The summed E-state index contributed by atoms with van der Waals surface area (Å²) in [5, 5.41) is 9.85. The summed E-state index contributed by atoms with van der Waals surface area (Å²) >= 11 is 0. The maximum absolute atomic E-state index is 12.0. The number of amides is 1. The van der Waals surface area contributed by atoms with Crippen molar-refractivity contribution < 1.29 is 14.6 Å². The van der Waals surface area contributed by atoms with Crippen molar-refractivity contribution in [2.45, 2.75) is 51.9 Å². The van der Waals surface area contributed by atoms with Crippen molar-refractivity contribution in [3.05, 3.63) is 65.5 Å². The van der Waals surface area contributed by atoms with Crippen molar-refractivity contribution in [3.63, 3.8) is 0 Å². The minimum absolute atomic E-state index is 0.179. The number of hydrogen-bond acceptors (Lipinski definition) is 4. The van der Waals surface area contributed by atoms with Crippen molar-refractivity contribution in [2.24, 2.45) is 5.73 Å². The Morgan fingerprint density at radius 2 is 1.88 bits per heavy atom. The van der Waals surface area contributed by atoms with Gasteiger partial charge >= 0.3 is 6.09 Å². The number of para-hydroxylation sites is 1. The number of ether oxygens (including phenoxy) is 1. The van der Waals surface area contributed by atoms with Gasteiger partial charge in [0.2, 0.25) is 0 Å². The van der Waals surface area contributed by atoms with Crippen molar-refractivity contribution >= 4 is 25.2 Å². The highest BCUT2D eigenvalue weighted by Crippen LogP contribution is 2.23. The first-order valence-corrected chi connectivity index (χ1v) is 14.8. The highest BCUT2D eigenvalue weighted by Gasteiger charge is 2.20. The van der Waals surface area contributed by atoms with Gasteiger partial charge in [-0.25, -0.2) is 9.78 Å². The SMILES string of the molecule is C[Si](C)(C)CCOCn1c(CN(Cc2ccccc2)C(=O)O)nc2cccc(CCN)c21. The van der Waals surface area contributed by atoms with Gasteiger partial charge in [0.15, 0.2) is 0 Å². The molecule has 8 heteroatoms. The van der Waals surface area contributed by atoms with Crippen LogP contribution in [0.25, 0.3) is 11.0 Å². The topological polar surface area (TPSA) is 93.6 Å². The van der Waals surface area contributed by atoms with Gasteiger partial charge < -0.3 is 20.1 Å². The maximum atomic E-state index is 12.0. The van der Waals surface area contributed by atoms with Crippen LogP contribution in [-0.2, 0) is 31.0 Å². The Morgan fingerprint density at radius 1 is 1.12 bits per heavy atom. The van der Waals surface area contributed by atoms with Crippen molar-refractivity contribution in [2.75, 3.05) is 13.2 Å². The standard InChI is InChI=1S/C24H34N4O3Si/c1-32(2,3)15-14-31-18-28-22(26-21-11-7-10-20(12-13-25)23(21)28)17-27(24(29)30)16-19-8-5-4-6-9-19/h4-11H,12-18,25H2,1-3H3,(H,29,30). The molecule has 0 atom stereocenters. The fourth-order valence-electron chi connectivity index (χ4n) is 3.62. The van der Waals surface area contributed by atoms with Crippen LogP contribution in [0, 0.1) is 0 Å². The van der Waals surface area contributed by atoms with Gasteiger partial charge in [0.25, 0.3) is 0 Å². The third kappa shape index (κ3) is 6.41. The Balaban J connectivity index is 1.91. The largest absolute Gasteiger partial charge is 0.465 e. The number of aromatic nitrogens is 2. The fourth-order valence-corrected chi connectivity index (χ4v) is 4.38. The number of carboxylic acid groups (broad SMARTS) is 1. The summed E-state index contributed by atoms with van der Waals surface area (Å²) in [4.78, 5) is 18.2. The van der Waals surface area contributed by atoms with E-state index in [1.807, 2.05) is 47.0 Å². The molecule has 0 aliphatic heterocycles. The van der Waals surface area contributed by atoms with E-state index < -0.39 is 14.2 Å². The van der Waals surface area contributed by atoms with Crippen LogP contribution >= 0.6 is 0 Å². The zero-order chi connectivity index (χ0) is 23.1. The number of nitrogens with two attached hydrogens (primary N) is 1. The molecule has 0 aliphatic rings. The normalized spacial score (nSPS) is 11.8. The number of benzene rings is 2. The van der Waals surface area contributed by atoms with Crippen molar-refractivity contribution in [1.82, 2.24) is 14.5 Å². The molecule has 1 aromatic heterocycles. The van der Waals surface area contributed by atoms with Crippen molar-refractivity contribution in [1.29, 1.82) is 0 Å². The fraction of sp³-hybridized carbons (Fsp3) is 0.417. The lowest BCUT2D eigenvalue weighted by atomic mass is 10.1. The molecule has 3 N–H and O–H groups in total. The Hall–Kier alpha value is -2.68. The predicted molar refractivity (Wildman–Crippen MR) is 130 cm³/mol. The summed E-state index contributed by atoms with van der Waals surface area (Å²) < 4.78 is 8.08. The van der Waals surface area contributed by atoms with Gasteiger partial charge in [-0.15, -0.1) is 0 Å². The maximum Gasteiger partial charge on any atom is 0.408 e. The molecule has 0 bridgehead atoms. The zero-order valence-corrected chi connectivity index (χ0v) is 20.3. The van der Waals surface area contributed by atoms with Crippen LogP contribution in [0.5, 0.6) is 0 Å². The van der Waals surface area contributed by atoms with Gasteiger partial charge in [0, 0.05) is 21.2 Å². The molecule has 3 rings (SSSR count). The molecule has 0 unspecified atom stereocenters. The first-order chi connectivity index (χ1) is 15.3. The quantitative estimate of drug-likeness (QED) is 0.328. The van der Waals surface area contributed by atoms with Gasteiger partial charge in [-0.3, -0.25) is 4.90 Å². The molecule has 32 heavy (non-hydrogen) atoms. The van der Waals surface area contributed by atoms with E-state index in [4.69, 9.17) is 15.5 Å². The average molecular weight is 455 g/mol. The van der Waals surface area contributed by atoms with E-state index >= 15 is 0 Å². The average Bonchev–Trinajstić information content (AvgIpc) is 3.09. The van der Waals surface area contributed by atoms with Gasteiger partial charge in [-0.2, -0.15) is 0 Å². The summed E-state index contributed by atoms with van der Waals surface area (Å²) in [6, 6.07) is 16.7. The summed E-state index contributed by atoms with van der Waals surface area (Å²) in [5.74, 6) is 0.677. The Labute approximate surface area is 190 Å². The first-order valence-electron chi connectivity index (χ1n) is 11.0. The molecule has 2 aromatic carbocycles. The monoisotopic (exact) mass is 454 g/mol. The lowest BCUT2D eigenvalue weighted by molar-refractivity contribution is 0.0846. The van der Waals surface area contributed by atoms with E-state index in [0.717, 1.165) is 34.6 Å². The lowest BCUT2D eigenvalue weighted by Crippen LogP contribution is -2.30. The van der Waals surface area contributed by atoms with Crippen LogP contribution in [0.15, 0.2) is 48.5 Å². The van der Waals surface area contributed by atoms with E-state index in [9.17, 15) is 9.90 Å². The van der Waals surface area contributed by atoms with E-state index in [1.165, 1.54) is 4.90 Å². The van der Waals surface area contributed by atoms with E-state index in [-0.39, 0.29) is 6.54 Å². The highest BCUT2D eigenvalue weighted by atomic mass is 28.3. The number of carbonyl (C=O) groups is 1. The molecule has 3 aromatic rings. The van der Waals surface area contributed by atoms with Crippen LogP contribution < -0.4 is 5.73 Å². The van der Waals surface area contributed by atoms with E-state index in [1.54, 1.807) is 0 Å². The van der Waals surface area contributed by atoms with E-state index in [2.05, 4.69) is 25.7 Å². The Morgan fingerprint density at radius 3 is 2.53 bits per heavy atom. The molecule has 0 spiro atoms. The molecule has 1 amide bonds. The smallest absolute Gasteiger partial charge is 0.408 e. The van der Waals surface area contributed by atoms with Crippen LogP contribution in [-0.4, -0.2) is 46.9 Å². The predicted octanol–water partition coefficient (Wildman–Crippen LogP) is 4.53. The summed E-state index contributed by atoms with van der Waals surface area (Å²) in [6.07, 6.45) is -0.251. The molecule has 0 aliphatic carbocycles.